The van der Waals surface area contributed by atoms with Gasteiger partial charge in [-0.3, -0.25) is 9.59 Å². The highest BCUT2D eigenvalue weighted by atomic mass is 79.9. The van der Waals surface area contributed by atoms with Crippen molar-refractivity contribution in [1.82, 2.24) is 0 Å². The molecule has 0 aliphatic carbocycles. The molecule has 0 rings (SSSR count). The lowest BCUT2D eigenvalue weighted by Crippen LogP contribution is -2.27. The van der Waals surface area contributed by atoms with Crippen LogP contribution in [-0.4, -0.2) is 32.3 Å². The number of carboxylic acid groups (broad SMARTS) is 1. The summed E-state index contributed by atoms with van der Waals surface area (Å²) < 4.78 is 3.46. The Morgan fingerprint density at radius 3 is 1.72 bits per heavy atom. The lowest BCUT2D eigenvalue weighted by atomic mass is 10.1. The van der Waals surface area contributed by atoms with Gasteiger partial charge in [0.05, 0.1) is 6.61 Å². The lowest BCUT2D eigenvalue weighted by Gasteiger charge is -2.14. The largest absolute Gasteiger partial charge is 0.480 e. The summed E-state index contributed by atoms with van der Waals surface area (Å²) in [6.45, 7) is 9.36. The Hall–Kier alpha value is -0.100. The molecule has 0 radical (unpaired) electrons. The van der Waals surface area contributed by atoms with E-state index in [1.54, 1.807) is 27.7 Å². The molecule has 0 saturated carbocycles. The van der Waals surface area contributed by atoms with Crippen LogP contribution in [0.2, 0.25) is 0 Å². The number of hydrogen-bond donors (Lipinski definition) is 1. The summed E-state index contributed by atoms with van der Waals surface area (Å²) >= 11 is 6.28. The Labute approximate surface area is 126 Å². The Kier molecular flexibility index (Phi) is 10.0. The van der Waals surface area contributed by atoms with Gasteiger partial charge in [0, 0.05) is 0 Å². The van der Waals surface area contributed by atoms with E-state index in [9.17, 15) is 9.59 Å². The van der Waals surface area contributed by atoms with E-state index in [1.807, 2.05) is 6.92 Å². The van der Waals surface area contributed by atoms with Crippen molar-refractivity contribution >= 4 is 43.8 Å². The topological polar surface area (TPSA) is 63.6 Å². The van der Waals surface area contributed by atoms with Crippen molar-refractivity contribution in [3.63, 3.8) is 0 Å². The lowest BCUT2D eigenvalue weighted by molar-refractivity contribution is -0.144. The van der Waals surface area contributed by atoms with Gasteiger partial charge in [0.15, 0.2) is 0 Å². The van der Waals surface area contributed by atoms with Crippen molar-refractivity contribution in [3.8, 4) is 0 Å². The summed E-state index contributed by atoms with van der Waals surface area (Å²) in [5.74, 6) is -1.01. The third-order valence-electron chi connectivity index (χ3n) is 1.93. The maximum absolute atomic E-state index is 10.8. The molecular weight excluding hydrogens is 368 g/mol. The highest BCUT2D eigenvalue weighted by Crippen LogP contribution is 2.23. The molecule has 0 aliphatic heterocycles. The van der Waals surface area contributed by atoms with Crippen LogP contribution in [0.3, 0.4) is 0 Å². The van der Waals surface area contributed by atoms with E-state index >= 15 is 0 Å². The molecule has 1 unspecified atom stereocenters. The predicted molar refractivity (Wildman–Crippen MR) is 79.5 cm³/mol. The maximum atomic E-state index is 10.8. The minimum absolute atomic E-state index is 0.218. The van der Waals surface area contributed by atoms with E-state index in [-0.39, 0.29) is 5.97 Å². The number of aliphatic carboxylic acids is 1. The van der Waals surface area contributed by atoms with Crippen LogP contribution in [0.15, 0.2) is 0 Å². The van der Waals surface area contributed by atoms with Gasteiger partial charge in [0.2, 0.25) is 0 Å². The molecule has 0 aromatic rings. The smallest absolute Gasteiger partial charge is 0.322 e. The van der Waals surface area contributed by atoms with Crippen molar-refractivity contribution in [3.05, 3.63) is 0 Å². The number of alkyl halides is 2. The summed E-state index contributed by atoms with van der Waals surface area (Å²) in [5, 5.41) is 8.53. The summed E-state index contributed by atoms with van der Waals surface area (Å²) in [6, 6.07) is 0. The molecule has 18 heavy (non-hydrogen) atoms. The van der Waals surface area contributed by atoms with Gasteiger partial charge < -0.3 is 9.84 Å². The quantitative estimate of drug-likeness (QED) is 0.574. The van der Waals surface area contributed by atoms with Gasteiger partial charge in [0.25, 0.3) is 0 Å². The zero-order chi connectivity index (χ0) is 15.0. The number of rotatable bonds is 5. The Morgan fingerprint density at radius 1 is 1.17 bits per heavy atom. The highest BCUT2D eigenvalue weighted by molar-refractivity contribution is 9.10. The number of carbonyl (C=O) groups is 2. The van der Waals surface area contributed by atoms with E-state index in [2.05, 4.69) is 31.9 Å². The van der Waals surface area contributed by atoms with Crippen LogP contribution in [0.25, 0.3) is 0 Å². The molecule has 0 saturated heterocycles. The van der Waals surface area contributed by atoms with Crippen LogP contribution in [0.1, 0.15) is 47.5 Å². The van der Waals surface area contributed by atoms with Crippen LogP contribution < -0.4 is 0 Å². The van der Waals surface area contributed by atoms with Crippen LogP contribution in [0, 0.1) is 0 Å². The first-order valence-electron chi connectivity index (χ1n) is 5.77. The molecule has 1 N–H and O–H groups in total. The molecule has 0 bridgehead atoms. The summed E-state index contributed by atoms with van der Waals surface area (Å²) in [7, 11) is 0. The Balaban J connectivity index is 0. The minimum Gasteiger partial charge on any atom is -0.480 e. The second-order valence-corrected chi connectivity index (χ2v) is 8.18. The van der Waals surface area contributed by atoms with Crippen molar-refractivity contribution < 1.29 is 19.4 Å². The molecule has 4 nitrogen and oxygen atoms in total. The average Bonchev–Trinajstić information content (AvgIpc) is 2.17. The van der Waals surface area contributed by atoms with Crippen LogP contribution >= 0.6 is 31.9 Å². The molecule has 0 aliphatic rings. The van der Waals surface area contributed by atoms with E-state index in [1.165, 1.54) is 0 Å². The van der Waals surface area contributed by atoms with Gasteiger partial charge in [-0.25, -0.2) is 0 Å². The molecular formula is C12H22Br2O4. The Morgan fingerprint density at radius 2 is 1.61 bits per heavy atom. The van der Waals surface area contributed by atoms with Crippen LogP contribution in [-0.2, 0) is 14.3 Å². The molecule has 0 heterocycles. The first-order valence-corrected chi connectivity index (χ1v) is 7.36. The van der Waals surface area contributed by atoms with Crippen LogP contribution in [0.4, 0.5) is 0 Å². The van der Waals surface area contributed by atoms with Gasteiger partial charge in [-0.15, -0.1) is 0 Å². The first kappa shape index (κ1) is 20.2. The van der Waals surface area contributed by atoms with Crippen LogP contribution in [0.5, 0.6) is 0 Å². The molecule has 0 aromatic heterocycles. The van der Waals surface area contributed by atoms with Gasteiger partial charge in [0.1, 0.15) is 8.65 Å². The molecule has 108 valence electrons. The normalized spacial score (nSPS) is 13.9. The van der Waals surface area contributed by atoms with Crippen molar-refractivity contribution in [2.45, 2.75) is 56.1 Å². The van der Waals surface area contributed by atoms with Gasteiger partial charge in [-0.05, 0) is 34.1 Å². The number of ether oxygens (including phenoxy) is 1. The third kappa shape index (κ3) is 9.88. The summed E-state index contributed by atoms with van der Waals surface area (Å²) in [6.07, 6.45) is 1.55. The zero-order valence-corrected chi connectivity index (χ0v) is 14.7. The van der Waals surface area contributed by atoms with E-state index < -0.39 is 14.6 Å². The molecule has 0 amide bonds. The average molecular weight is 390 g/mol. The van der Waals surface area contributed by atoms with E-state index in [0.29, 0.717) is 13.0 Å². The fourth-order valence-corrected chi connectivity index (χ4v) is 1.39. The van der Waals surface area contributed by atoms with Crippen molar-refractivity contribution in [1.29, 1.82) is 0 Å². The van der Waals surface area contributed by atoms with E-state index in [0.717, 1.165) is 6.42 Å². The molecule has 6 heteroatoms. The summed E-state index contributed by atoms with van der Waals surface area (Å²) in [4.78, 5) is 21.2. The Bertz CT molecular complexity index is 270. The number of esters is 1. The summed E-state index contributed by atoms with van der Waals surface area (Å²) in [5.41, 5.74) is 0. The number of hydrogen-bond acceptors (Lipinski definition) is 3. The minimum atomic E-state index is -0.788. The van der Waals surface area contributed by atoms with Gasteiger partial charge in [-0.2, -0.15) is 0 Å². The fourth-order valence-electron chi connectivity index (χ4n) is 0.879. The third-order valence-corrected chi connectivity index (χ3v) is 2.99. The molecule has 0 spiro atoms. The standard InChI is InChI=1S/2C6H11BrO2/c1-4-9-5(8)6(2,3)7;1-3-4-6(2,7)5(8)9/h4H2,1-3H3;3-4H2,1-2H3,(H,8,9). The zero-order valence-electron chi connectivity index (χ0n) is 11.5. The number of halogens is 2. The van der Waals surface area contributed by atoms with Gasteiger partial charge >= 0.3 is 11.9 Å². The van der Waals surface area contributed by atoms with Crippen molar-refractivity contribution in [2.75, 3.05) is 6.61 Å². The molecule has 0 fully saturated rings. The first-order chi connectivity index (χ1) is 7.99. The van der Waals surface area contributed by atoms with Crippen molar-refractivity contribution in [2.24, 2.45) is 0 Å². The second kappa shape index (κ2) is 8.91. The maximum Gasteiger partial charge on any atom is 0.322 e. The second-order valence-electron chi connectivity index (χ2n) is 4.45. The highest BCUT2D eigenvalue weighted by Gasteiger charge is 2.27. The molecule has 0 aromatic carbocycles. The monoisotopic (exact) mass is 388 g/mol. The van der Waals surface area contributed by atoms with E-state index in [4.69, 9.17) is 9.84 Å². The fraction of sp³-hybridized carbons (Fsp3) is 0.833. The molecule has 1 atom stereocenters. The number of carbonyl (C=O) groups excluding carboxylic acids is 1. The predicted octanol–water partition coefficient (Wildman–Crippen LogP) is 3.75. The SMILES string of the molecule is CCCC(C)(Br)C(=O)O.CCOC(=O)C(C)(C)Br. The number of carboxylic acids is 1. The van der Waals surface area contributed by atoms with Gasteiger partial charge in [-0.1, -0.05) is 45.2 Å².